The summed E-state index contributed by atoms with van der Waals surface area (Å²) in [6.45, 7) is 0. The minimum atomic E-state index is 0.0531. The second-order valence-corrected chi connectivity index (χ2v) is 8.93. The summed E-state index contributed by atoms with van der Waals surface area (Å²) in [6, 6.07) is 13.0. The molecule has 2 N–H and O–H groups in total. The van der Waals surface area contributed by atoms with Gasteiger partial charge < -0.3 is 10.6 Å². The Morgan fingerprint density at radius 1 is 1.22 bits per heavy atom. The molecule has 1 aromatic heterocycles. The molecular weight excluding hydrogens is 348 g/mol. The lowest BCUT2D eigenvalue weighted by atomic mass is 9.95. The van der Waals surface area contributed by atoms with Crippen LogP contribution in [0.5, 0.6) is 0 Å². The van der Waals surface area contributed by atoms with Crippen LogP contribution < -0.4 is 10.6 Å². The quantitative estimate of drug-likeness (QED) is 0.855. The second kappa shape index (κ2) is 6.48. The molecule has 2 saturated heterocycles. The molecule has 23 heavy (non-hydrogen) atoms. The highest BCUT2D eigenvalue weighted by molar-refractivity contribution is 8.01. The van der Waals surface area contributed by atoms with E-state index in [1.165, 1.54) is 12.8 Å². The molecule has 3 atom stereocenters. The van der Waals surface area contributed by atoms with Crippen LogP contribution in [0.2, 0.25) is 5.02 Å². The van der Waals surface area contributed by atoms with E-state index in [4.69, 9.17) is 11.6 Å². The number of amides is 1. The summed E-state index contributed by atoms with van der Waals surface area (Å²) in [6.07, 6.45) is 3.49. The van der Waals surface area contributed by atoms with Gasteiger partial charge in [-0.2, -0.15) is 0 Å². The number of fused-ring (bicyclic) bond motifs is 2. The van der Waals surface area contributed by atoms with Crippen LogP contribution in [-0.4, -0.2) is 24.0 Å². The number of carbonyl (C=O) groups is 1. The monoisotopic (exact) mass is 364 g/mol. The molecule has 120 valence electrons. The van der Waals surface area contributed by atoms with Gasteiger partial charge in [-0.25, -0.2) is 0 Å². The summed E-state index contributed by atoms with van der Waals surface area (Å²) >= 11 is 9.10. The fourth-order valence-electron chi connectivity index (χ4n) is 3.34. The molecule has 3 heterocycles. The van der Waals surface area contributed by atoms with E-state index in [-0.39, 0.29) is 11.9 Å². The van der Waals surface area contributed by atoms with E-state index in [9.17, 15) is 4.79 Å². The summed E-state index contributed by atoms with van der Waals surface area (Å²) in [5.74, 6) is 0.0531. The Kier molecular flexibility index (Phi) is 4.37. The maximum absolute atomic E-state index is 12.4. The van der Waals surface area contributed by atoms with Gasteiger partial charge in [-0.1, -0.05) is 23.4 Å². The highest BCUT2D eigenvalue weighted by Crippen LogP contribution is 2.34. The summed E-state index contributed by atoms with van der Waals surface area (Å²) in [5.41, 5.74) is 0. The van der Waals surface area contributed by atoms with Gasteiger partial charge in [0.25, 0.3) is 5.91 Å². The minimum absolute atomic E-state index is 0.0531. The zero-order valence-corrected chi connectivity index (χ0v) is 14.8. The SMILES string of the molecule is O=C(NC1CC2CCC1N2)c1ccc(Sc2ccc(Cl)cc2)s1. The Hall–Kier alpha value is -1.01. The Labute approximate surface area is 148 Å². The normalized spacial score (nSPS) is 25.7. The van der Waals surface area contributed by atoms with Crippen molar-refractivity contribution in [1.29, 1.82) is 0 Å². The molecule has 0 radical (unpaired) electrons. The number of carbonyl (C=O) groups excluding carboxylic acids is 1. The molecular formula is C17H17ClN2OS2. The predicted octanol–water partition coefficient (Wildman–Crippen LogP) is 4.18. The van der Waals surface area contributed by atoms with Crippen LogP contribution in [0.15, 0.2) is 45.5 Å². The van der Waals surface area contributed by atoms with Crippen molar-refractivity contribution in [2.75, 3.05) is 0 Å². The number of hydrogen-bond acceptors (Lipinski definition) is 4. The van der Waals surface area contributed by atoms with Crippen molar-refractivity contribution in [2.24, 2.45) is 0 Å². The molecule has 4 rings (SSSR count). The molecule has 2 aromatic rings. The molecule has 2 fully saturated rings. The number of halogens is 1. The van der Waals surface area contributed by atoms with Gasteiger partial charge in [0.2, 0.25) is 0 Å². The van der Waals surface area contributed by atoms with Crippen molar-refractivity contribution >= 4 is 40.6 Å². The molecule has 2 aliphatic heterocycles. The average molecular weight is 365 g/mol. The summed E-state index contributed by atoms with van der Waals surface area (Å²) in [4.78, 5) is 14.3. The molecule has 3 nitrogen and oxygen atoms in total. The summed E-state index contributed by atoms with van der Waals surface area (Å²) in [5, 5.41) is 7.48. The summed E-state index contributed by atoms with van der Waals surface area (Å²) < 4.78 is 1.11. The zero-order chi connectivity index (χ0) is 15.8. The average Bonchev–Trinajstić information content (AvgIpc) is 3.26. The Balaban J connectivity index is 1.39. The molecule has 1 amide bonds. The van der Waals surface area contributed by atoms with Crippen molar-refractivity contribution in [3.8, 4) is 0 Å². The van der Waals surface area contributed by atoms with Crippen molar-refractivity contribution < 1.29 is 4.79 Å². The molecule has 6 heteroatoms. The number of nitrogens with one attached hydrogen (secondary N) is 2. The number of thiophene rings is 1. The van der Waals surface area contributed by atoms with Gasteiger partial charge in [-0.05, 0) is 55.7 Å². The molecule has 2 bridgehead atoms. The van der Waals surface area contributed by atoms with E-state index in [0.29, 0.717) is 12.1 Å². The van der Waals surface area contributed by atoms with Crippen LogP contribution in [0, 0.1) is 0 Å². The molecule has 0 aliphatic carbocycles. The smallest absolute Gasteiger partial charge is 0.261 e. The van der Waals surface area contributed by atoms with Gasteiger partial charge in [-0.15, -0.1) is 11.3 Å². The Morgan fingerprint density at radius 2 is 2.04 bits per heavy atom. The minimum Gasteiger partial charge on any atom is -0.347 e. The van der Waals surface area contributed by atoms with E-state index in [1.807, 2.05) is 36.4 Å². The predicted molar refractivity (Wildman–Crippen MR) is 95.7 cm³/mol. The highest BCUT2D eigenvalue weighted by Gasteiger charge is 2.39. The third-order valence-electron chi connectivity index (χ3n) is 4.45. The first-order valence-electron chi connectivity index (χ1n) is 7.77. The van der Waals surface area contributed by atoms with E-state index in [2.05, 4.69) is 10.6 Å². The second-order valence-electron chi connectivity index (χ2n) is 6.04. The third kappa shape index (κ3) is 3.43. The van der Waals surface area contributed by atoms with Crippen LogP contribution in [-0.2, 0) is 0 Å². The lowest BCUT2D eigenvalue weighted by molar-refractivity contribution is 0.0935. The van der Waals surface area contributed by atoms with E-state index in [0.717, 1.165) is 25.4 Å². The van der Waals surface area contributed by atoms with Gasteiger partial charge in [-0.3, -0.25) is 4.79 Å². The first-order chi connectivity index (χ1) is 11.2. The Bertz CT molecular complexity index is 716. The lowest BCUT2D eigenvalue weighted by Crippen LogP contribution is -2.42. The molecule has 1 aromatic carbocycles. The number of benzene rings is 1. The van der Waals surface area contributed by atoms with Crippen molar-refractivity contribution in [2.45, 2.75) is 46.5 Å². The molecule has 0 saturated carbocycles. The fourth-order valence-corrected chi connectivity index (χ4v) is 5.47. The number of rotatable bonds is 4. The van der Waals surface area contributed by atoms with Gasteiger partial charge in [0.1, 0.15) is 0 Å². The van der Waals surface area contributed by atoms with Gasteiger partial charge in [0.15, 0.2) is 0 Å². The first-order valence-corrected chi connectivity index (χ1v) is 9.78. The van der Waals surface area contributed by atoms with Crippen molar-refractivity contribution in [3.05, 3.63) is 46.3 Å². The zero-order valence-electron chi connectivity index (χ0n) is 12.4. The largest absolute Gasteiger partial charge is 0.347 e. The van der Waals surface area contributed by atoms with Crippen molar-refractivity contribution in [3.63, 3.8) is 0 Å². The van der Waals surface area contributed by atoms with Crippen LogP contribution in [0.25, 0.3) is 0 Å². The van der Waals surface area contributed by atoms with E-state index >= 15 is 0 Å². The molecule has 3 unspecified atom stereocenters. The summed E-state index contributed by atoms with van der Waals surface area (Å²) in [7, 11) is 0. The molecule has 2 aliphatic rings. The topological polar surface area (TPSA) is 41.1 Å². The maximum atomic E-state index is 12.4. The van der Waals surface area contributed by atoms with Crippen LogP contribution in [0.3, 0.4) is 0 Å². The highest BCUT2D eigenvalue weighted by atomic mass is 35.5. The molecule has 0 spiro atoms. The van der Waals surface area contributed by atoms with E-state index < -0.39 is 0 Å². The lowest BCUT2D eigenvalue weighted by Gasteiger charge is -2.20. The van der Waals surface area contributed by atoms with Gasteiger partial charge >= 0.3 is 0 Å². The maximum Gasteiger partial charge on any atom is 0.261 e. The fraction of sp³-hybridized carbons (Fsp3) is 0.353. The number of hydrogen-bond donors (Lipinski definition) is 2. The Morgan fingerprint density at radius 3 is 2.74 bits per heavy atom. The third-order valence-corrected chi connectivity index (χ3v) is 6.93. The van der Waals surface area contributed by atoms with Crippen molar-refractivity contribution in [1.82, 2.24) is 10.6 Å². The van der Waals surface area contributed by atoms with Crippen LogP contribution >= 0.6 is 34.7 Å². The van der Waals surface area contributed by atoms with E-state index in [1.54, 1.807) is 23.1 Å². The van der Waals surface area contributed by atoms with Crippen LogP contribution in [0.1, 0.15) is 28.9 Å². The van der Waals surface area contributed by atoms with Gasteiger partial charge in [0, 0.05) is 28.0 Å². The van der Waals surface area contributed by atoms with Crippen LogP contribution in [0.4, 0.5) is 0 Å². The van der Waals surface area contributed by atoms with Gasteiger partial charge in [0.05, 0.1) is 9.09 Å². The first kappa shape index (κ1) is 15.5. The standard InChI is InChI=1S/C17H17ClN2OS2/c18-10-1-4-12(5-2-10)22-16-8-7-15(23-16)17(21)20-14-9-11-3-6-13(14)19-11/h1-2,4-5,7-8,11,13-14,19H,3,6,9H2,(H,20,21).